The van der Waals surface area contributed by atoms with Crippen LogP contribution in [0.5, 0.6) is 0 Å². The highest BCUT2D eigenvalue weighted by atomic mass is 19.4. The van der Waals surface area contributed by atoms with E-state index in [9.17, 15) is 13.2 Å². The lowest BCUT2D eigenvalue weighted by atomic mass is 9.85. The summed E-state index contributed by atoms with van der Waals surface area (Å²) < 4.78 is 49.0. The van der Waals surface area contributed by atoms with Crippen molar-refractivity contribution in [2.75, 3.05) is 0 Å². The number of aromatic nitrogens is 5. The van der Waals surface area contributed by atoms with Crippen LogP contribution in [0.3, 0.4) is 0 Å². The van der Waals surface area contributed by atoms with Crippen LogP contribution in [-0.2, 0) is 11.6 Å². The van der Waals surface area contributed by atoms with Gasteiger partial charge in [0, 0.05) is 50.1 Å². The maximum Gasteiger partial charge on any atom is 0.417 e. The molecule has 5 nitrogen and oxygen atoms in total. The Bertz CT molecular complexity index is 3110. The Labute approximate surface area is 314 Å². The molecule has 10 rings (SSSR count). The SMILES string of the molecule is CC(C)(C)c1cc(C(F)(F)F)c2c3ccc(-c4cccc5c4nc(-c4cccc6c4[nH]c4ccccc46)n5-c4ccccc4)cc3n(-c3ccccn3)c2c1. The number of pyridine rings is 1. The number of rotatable bonds is 4. The second-order valence-corrected chi connectivity index (χ2v) is 15.1. The first-order valence-electron chi connectivity index (χ1n) is 18.2. The summed E-state index contributed by atoms with van der Waals surface area (Å²) >= 11 is 0. The summed E-state index contributed by atoms with van der Waals surface area (Å²) in [4.78, 5) is 13.7. The van der Waals surface area contributed by atoms with Crippen LogP contribution in [0.15, 0.2) is 146 Å². The van der Waals surface area contributed by atoms with Gasteiger partial charge in [-0.15, -0.1) is 0 Å². The van der Waals surface area contributed by atoms with Gasteiger partial charge in [-0.2, -0.15) is 13.2 Å². The molecule has 0 aliphatic rings. The van der Waals surface area contributed by atoms with Crippen molar-refractivity contribution in [3.63, 3.8) is 0 Å². The van der Waals surface area contributed by atoms with Gasteiger partial charge in [-0.25, -0.2) is 9.97 Å². The van der Waals surface area contributed by atoms with Crippen molar-refractivity contribution in [1.82, 2.24) is 24.1 Å². The number of hydrogen-bond acceptors (Lipinski definition) is 2. The van der Waals surface area contributed by atoms with Gasteiger partial charge in [0.1, 0.15) is 11.6 Å². The average Bonchev–Trinajstić information content (AvgIpc) is 3.87. The van der Waals surface area contributed by atoms with E-state index in [1.165, 1.54) is 6.07 Å². The molecule has 6 aromatic carbocycles. The summed E-state index contributed by atoms with van der Waals surface area (Å²) in [6.07, 6.45) is -2.90. The van der Waals surface area contributed by atoms with Gasteiger partial charge >= 0.3 is 6.18 Å². The Kier molecular flexibility index (Phi) is 7.14. The maximum atomic E-state index is 15.0. The zero-order valence-corrected chi connectivity index (χ0v) is 30.3. The van der Waals surface area contributed by atoms with Crippen LogP contribution in [-0.4, -0.2) is 24.1 Å². The van der Waals surface area contributed by atoms with Crippen LogP contribution in [0.2, 0.25) is 0 Å². The summed E-state index contributed by atoms with van der Waals surface area (Å²) in [5.41, 5.74) is 7.87. The quantitative estimate of drug-likeness (QED) is 0.196. The van der Waals surface area contributed by atoms with Crippen molar-refractivity contribution in [2.45, 2.75) is 32.4 Å². The van der Waals surface area contributed by atoms with Gasteiger partial charge < -0.3 is 4.98 Å². The number of aromatic amines is 1. The van der Waals surface area contributed by atoms with E-state index in [4.69, 9.17) is 4.98 Å². The van der Waals surface area contributed by atoms with Crippen LogP contribution in [0, 0.1) is 0 Å². The molecule has 0 bridgehead atoms. The number of alkyl halides is 3. The molecule has 10 aromatic rings. The van der Waals surface area contributed by atoms with Gasteiger partial charge in [0.05, 0.1) is 33.1 Å². The van der Waals surface area contributed by atoms with E-state index in [2.05, 4.69) is 63.1 Å². The largest absolute Gasteiger partial charge is 0.417 e. The topological polar surface area (TPSA) is 51.4 Å². The molecule has 4 aromatic heterocycles. The van der Waals surface area contributed by atoms with Gasteiger partial charge in [-0.3, -0.25) is 9.13 Å². The molecule has 4 heterocycles. The lowest BCUT2D eigenvalue weighted by Crippen LogP contribution is -2.14. The van der Waals surface area contributed by atoms with Crippen molar-refractivity contribution in [2.24, 2.45) is 0 Å². The molecule has 0 unspecified atom stereocenters. The van der Waals surface area contributed by atoms with E-state index in [1.54, 1.807) is 6.20 Å². The van der Waals surface area contributed by atoms with Crippen molar-refractivity contribution in [3.05, 3.63) is 157 Å². The number of hydrogen-bond donors (Lipinski definition) is 1. The number of halogens is 3. The fourth-order valence-electron chi connectivity index (χ4n) is 8.11. The Morgan fingerprint density at radius 1 is 0.600 bits per heavy atom. The molecule has 8 heteroatoms. The molecule has 0 saturated carbocycles. The summed E-state index contributed by atoms with van der Waals surface area (Å²) in [5.74, 6) is 1.32. The molecule has 0 amide bonds. The number of nitrogens with zero attached hydrogens (tertiary/aromatic N) is 4. The smallest absolute Gasteiger partial charge is 0.354 e. The molecule has 0 fully saturated rings. The number of nitrogens with one attached hydrogen (secondary N) is 1. The van der Waals surface area contributed by atoms with E-state index in [0.29, 0.717) is 27.8 Å². The highest BCUT2D eigenvalue weighted by Crippen LogP contribution is 2.45. The Balaban J connectivity index is 1.27. The normalized spacial score (nSPS) is 12.5. The van der Waals surface area contributed by atoms with Gasteiger partial charge in [-0.05, 0) is 77.2 Å². The summed E-state index contributed by atoms with van der Waals surface area (Å²) in [5, 5.41) is 2.92. The Morgan fingerprint density at radius 3 is 2.13 bits per heavy atom. The summed E-state index contributed by atoms with van der Waals surface area (Å²) in [6, 6.07) is 45.3. The first-order chi connectivity index (χ1) is 26.6. The molecule has 1 N–H and O–H groups in total. The van der Waals surface area contributed by atoms with Crippen molar-refractivity contribution in [1.29, 1.82) is 0 Å². The molecule has 0 saturated heterocycles. The number of H-pyrrole nitrogens is 1. The molecular weight excluding hydrogens is 692 g/mol. The molecule has 0 atom stereocenters. The molecule has 268 valence electrons. The van der Waals surface area contributed by atoms with Crippen LogP contribution >= 0.6 is 0 Å². The second-order valence-electron chi connectivity index (χ2n) is 15.1. The third-order valence-electron chi connectivity index (χ3n) is 10.7. The predicted octanol–water partition coefficient (Wildman–Crippen LogP) is 12.8. The predicted molar refractivity (Wildman–Crippen MR) is 217 cm³/mol. The first kappa shape index (κ1) is 32.9. The fraction of sp³-hybridized carbons (Fsp3) is 0.106. The highest BCUT2D eigenvalue weighted by molar-refractivity contribution is 6.14. The van der Waals surface area contributed by atoms with Gasteiger partial charge in [0.2, 0.25) is 0 Å². The Hall–Kier alpha value is -6.67. The third kappa shape index (κ3) is 5.16. The van der Waals surface area contributed by atoms with E-state index < -0.39 is 17.2 Å². The minimum atomic E-state index is -4.57. The van der Waals surface area contributed by atoms with E-state index in [-0.39, 0.29) is 5.39 Å². The average molecular weight is 726 g/mol. The lowest BCUT2D eigenvalue weighted by molar-refractivity contribution is -0.136. The molecule has 0 spiro atoms. The minimum absolute atomic E-state index is 0.160. The standard InChI is InChI=1S/C47H34F3N5/c1-46(2,3)29-26-36(47(48,49)50)42-34-23-22-28(25-39(34)55(40(42)27-29)41-21-9-10-24-51-41)31-16-12-20-38-44(31)53-45(54(38)30-13-5-4-6-14-30)35-18-11-17-33-32-15-7-8-19-37(32)52-43(33)35/h4-27,52H,1-3H3. The Morgan fingerprint density at radius 2 is 1.35 bits per heavy atom. The van der Waals surface area contributed by atoms with Crippen molar-refractivity contribution >= 4 is 54.6 Å². The molecule has 0 aliphatic carbocycles. The lowest BCUT2D eigenvalue weighted by Gasteiger charge is -2.22. The number of para-hydroxylation sites is 4. The molecule has 55 heavy (non-hydrogen) atoms. The van der Waals surface area contributed by atoms with Crippen molar-refractivity contribution in [3.8, 4) is 34.0 Å². The van der Waals surface area contributed by atoms with Crippen molar-refractivity contribution < 1.29 is 13.2 Å². The van der Waals surface area contributed by atoms with Crippen LogP contribution in [0.4, 0.5) is 13.2 Å². The van der Waals surface area contributed by atoms with Crippen LogP contribution in [0.1, 0.15) is 31.9 Å². The molecule has 0 aliphatic heterocycles. The molecular formula is C47H34F3N5. The number of benzene rings is 6. The van der Waals surface area contributed by atoms with Gasteiger partial charge in [0.25, 0.3) is 0 Å². The van der Waals surface area contributed by atoms with E-state index >= 15 is 0 Å². The highest BCUT2D eigenvalue weighted by Gasteiger charge is 2.36. The third-order valence-corrected chi connectivity index (χ3v) is 10.7. The first-order valence-corrected chi connectivity index (χ1v) is 18.2. The van der Waals surface area contributed by atoms with E-state index in [0.717, 1.165) is 61.0 Å². The minimum Gasteiger partial charge on any atom is -0.354 e. The molecule has 0 radical (unpaired) electrons. The second kappa shape index (κ2) is 11.9. The summed E-state index contributed by atoms with van der Waals surface area (Å²) in [6.45, 7) is 5.80. The summed E-state index contributed by atoms with van der Waals surface area (Å²) in [7, 11) is 0. The van der Waals surface area contributed by atoms with Gasteiger partial charge in [0.15, 0.2) is 0 Å². The van der Waals surface area contributed by atoms with Crippen LogP contribution in [0.25, 0.3) is 88.7 Å². The zero-order chi connectivity index (χ0) is 37.6. The monoisotopic (exact) mass is 725 g/mol. The van der Waals surface area contributed by atoms with Crippen LogP contribution < -0.4 is 0 Å². The van der Waals surface area contributed by atoms with E-state index in [1.807, 2.05) is 110 Å². The number of fused-ring (bicyclic) bond motifs is 7. The maximum absolute atomic E-state index is 15.0. The fourth-order valence-corrected chi connectivity index (χ4v) is 8.11. The number of imidazole rings is 1. The zero-order valence-electron chi connectivity index (χ0n) is 30.3. The van der Waals surface area contributed by atoms with Gasteiger partial charge in [-0.1, -0.05) is 99.6 Å².